The number of carboxylic acids is 1. The average molecular weight is 360 g/mol. The highest BCUT2D eigenvalue weighted by Crippen LogP contribution is 2.27. The van der Waals surface area contributed by atoms with Crippen molar-refractivity contribution in [3.8, 4) is 0 Å². The van der Waals surface area contributed by atoms with E-state index >= 15 is 0 Å². The number of anilines is 1. The fourth-order valence-corrected chi connectivity index (χ4v) is 3.49. The van der Waals surface area contributed by atoms with Gasteiger partial charge in [0.1, 0.15) is 4.90 Å². The van der Waals surface area contributed by atoms with E-state index in [2.05, 4.69) is 16.6 Å². The minimum absolute atomic E-state index is 0.0489. The fourth-order valence-electron chi connectivity index (χ4n) is 2.30. The van der Waals surface area contributed by atoms with Gasteiger partial charge in [-0.2, -0.15) is 0 Å². The molecule has 0 fully saturated rings. The lowest BCUT2D eigenvalue weighted by molar-refractivity contribution is 0.0696. The predicted octanol–water partition coefficient (Wildman–Crippen LogP) is 3.02. The highest BCUT2D eigenvalue weighted by molar-refractivity contribution is 7.89. The van der Waals surface area contributed by atoms with Crippen molar-refractivity contribution in [1.29, 1.82) is 0 Å². The standard InChI is InChI=1S/C18H20N2O4S/c1-3-11-19-25(23,24)17-12-15(18(21)22)9-10-16(17)20-13(2)14-7-5-4-6-8-14/h3-10,12-13,19-20H,1,11H2,2H3,(H,21,22)/t13-/m0/s1. The van der Waals surface area contributed by atoms with E-state index in [9.17, 15) is 13.2 Å². The van der Waals surface area contributed by atoms with Crippen LogP contribution in [0.4, 0.5) is 5.69 Å². The summed E-state index contributed by atoms with van der Waals surface area (Å²) in [6.45, 7) is 5.42. The molecular weight excluding hydrogens is 340 g/mol. The van der Waals surface area contributed by atoms with E-state index in [1.54, 1.807) is 0 Å². The molecule has 0 amide bonds. The Balaban J connectivity index is 2.43. The first kappa shape index (κ1) is 18.7. The summed E-state index contributed by atoms with van der Waals surface area (Å²) < 4.78 is 27.4. The lowest BCUT2D eigenvalue weighted by atomic mass is 10.1. The van der Waals surface area contributed by atoms with Gasteiger partial charge in [-0.3, -0.25) is 0 Å². The Hall–Kier alpha value is -2.64. The van der Waals surface area contributed by atoms with Crippen molar-refractivity contribution >= 4 is 21.7 Å². The Kier molecular flexibility index (Phi) is 5.95. The lowest BCUT2D eigenvalue weighted by Gasteiger charge is -2.19. The van der Waals surface area contributed by atoms with Crippen molar-refractivity contribution in [2.45, 2.75) is 17.9 Å². The van der Waals surface area contributed by atoms with Crippen molar-refractivity contribution in [1.82, 2.24) is 4.72 Å². The molecule has 3 N–H and O–H groups in total. The van der Waals surface area contributed by atoms with Crippen molar-refractivity contribution < 1.29 is 18.3 Å². The first-order valence-electron chi connectivity index (χ1n) is 7.64. The summed E-state index contributed by atoms with van der Waals surface area (Å²) >= 11 is 0. The van der Waals surface area contributed by atoms with E-state index in [1.807, 2.05) is 37.3 Å². The van der Waals surface area contributed by atoms with Gasteiger partial charge in [0.15, 0.2) is 0 Å². The van der Waals surface area contributed by atoms with E-state index < -0.39 is 16.0 Å². The van der Waals surface area contributed by atoms with E-state index in [4.69, 9.17) is 5.11 Å². The Labute approximate surface area is 147 Å². The Morgan fingerprint density at radius 2 is 1.92 bits per heavy atom. The molecule has 0 aliphatic heterocycles. The highest BCUT2D eigenvalue weighted by atomic mass is 32.2. The van der Waals surface area contributed by atoms with Crippen LogP contribution >= 0.6 is 0 Å². The van der Waals surface area contributed by atoms with Gasteiger partial charge in [0.2, 0.25) is 10.0 Å². The molecular formula is C18H20N2O4S. The molecule has 0 aliphatic rings. The summed E-state index contributed by atoms with van der Waals surface area (Å²) in [5.74, 6) is -1.19. The van der Waals surface area contributed by atoms with Crippen LogP contribution in [0.15, 0.2) is 66.1 Å². The molecule has 0 radical (unpaired) electrons. The van der Waals surface area contributed by atoms with Crippen LogP contribution in [0.2, 0.25) is 0 Å². The summed E-state index contributed by atoms with van der Waals surface area (Å²) in [5.41, 5.74) is 1.21. The highest BCUT2D eigenvalue weighted by Gasteiger charge is 2.21. The van der Waals surface area contributed by atoms with E-state index in [0.717, 1.165) is 11.6 Å². The number of aromatic carboxylic acids is 1. The van der Waals surface area contributed by atoms with Crippen molar-refractivity contribution in [2.75, 3.05) is 11.9 Å². The van der Waals surface area contributed by atoms with E-state index in [-0.39, 0.29) is 23.0 Å². The molecule has 1 atom stereocenters. The maximum Gasteiger partial charge on any atom is 0.335 e. The number of hydrogen-bond donors (Lipinski definition) is 3. The van der Waals surface area contributed by atoms with E-state index in [0.29, 0.717) is 5.69 Å². The van der Waals surface area contributed by atoms with Crippen LogP contribution in [-0.4, -0.2) is 26.0 Å². The summed E-state index contributed by atoms with van der Waals surface area (Å²) in [4.78, 5) is 11.1. The maximum atomic E-state index is 12.5. The third kappa shape index (κ3) is 4.68. The van der Waals surface area contributed by atoms with Gasteiger partial charge < -0.3 is 10.4 Å². The zero-order valence-corrected chi connectivity index (χ0v) is 14.6. The summed E-state index contributed by atoms with van der Waals surface area (Å²) in [6.07, 6.45) is 1.41. The topological polar surface area (TPSA) is 95.5 Å². The van der Waals surface area contributed by atoms with Crippen LogP contribution in [0.25, 0.3) is 0 Å². The summed E-state index contributed by atoms with van der Waals surface area (Å²) in [7, 11) is -3.88. The van der Waals surface area contributed by atoms with Crippen LogP contribution in [0, 0.1) is 0 Å². The molecule has 0 aromatic heterocycles. The van der Waals surface area contributed by atoms with Crippen LogP contribution in [-0.2, 0) is 10.0 Å². The average Bonchev–Trinajstić information content (AvgIpc) is 2.60. The van der Waals surface area contributed by atoms with Gasteiger partial charge in [0.05, 0.1) is 11.3 Å². The molecule has 0 saturated carbocycles. The molecule has 7 heteroatoms. The number of hydrogen-bond acceptors (Lipinski definition) is 4. The summed E-state index contributed by atoms with van der Waals surface area (Å²) in [5, 5.41) is 12.3. The first-order valence-corrected chi connectivity index (χ1v) is 9.13. The Morgan fingerprint density at radius 1 is 1.24 bits per heavy atom. The van der Waals surface area contributed by atoms with Gasteiger partial charge >= 0.3 is 5.97 Å². The molecule has 0 unspecified atom stereocenters. The number of rotatable bonds is 8. The van der Waals surface area contributed by atoms with Crippen LogP contribution in [0.5, 0.6) is 0 Å². The van der Waals surface area contributed by atoms with Crippen LogP contribution in [0.1, 0.15) is 28.9 Å². The van der Waals surface area contributed by atoms with Crippen LogP contribution in [0.3, 0.4) is 0 Å². The largest absolute Gasteiger partial charge is 0.478 e. The molecule has 2 aromatic rings. The van der Waals surface area contributed by atoms with Gasteiger partial charge in [-0.15, -0.1) is 6.58 Å². The molecule has 0 bridgehead atoms. The maximum absolute atomic E-state index is 12.5. The summed E-state index contributed by atoms with van der Waals surface area (Å²) in [6, 6.07) is 13.3. The lowest BCUT2D eigenvalue weighted by Crippen LogP contribution is -2.25. The third-order valence-corrected chi connectivity index (χ3v) is 5.07. The number of benzene rings is 2. The molecule has 0 spiro atoms. The van der Waals surface area contributed by atoms with Crippen molar-refractivity contribution in [3.63, 3.8) is 0 Å². The molecule has 132 valence electrons. The number of nitrogens with one attached hydrogen (secondary N) is 2. The Bertz CT molecular complexity index is 864. The molecule has 0 aliphatic carbocycles. The molecule has 0 heterocycles. The van der Waals surface area contributed by atoms with Gasteiger partial charge in [0, 0.05) is 12.6 Å². The second-order valence-electron chi connectivity index (χ2n) is 5.43. The SMILES string of the molecule is C=CCNS(=O)(=O)c1cc(C(=O)O)ccc1N[C@@H](C)c1ccccc1. The van der Waals surface area contributed by atoms with Gasteiger partial charge in [-0.05, 0) is 30.7 Å². The van der Waals surface area contributed by atoms with Gasteiger partial charge in [-0.1, -0.05) is 36.4 Å². The third-order valence-electron chi connectivity index (χ3n) is 3.61. The minimum atomic E-state index is -3.88. The molecule has 0 saturated heterocycles. The van der Waals surface area contributed by atoms with Crippen LogP contribution < -0.4 is 10.0 Å². The predicted molar refractivity (Wildman–Crippen MR) is 97.3 cm³/mol. The quantitative estimate of drug-likeness (QED) is 0.629. The molecule has 25 heavy (non-hydrogen) atoms. The smallest absolute Gasteiger partial charge is 0.335 e. The van der Waals surface area contributed by atoms with Crippen molar-refractivity contribution in [2.24, 2.45) is 0 Å². The molecule has 2 aromatic carbocycles. The van der Waals surface area contributed by atoms with Gasteiger partial charge in [-0.25, -0.2) is 17.9 Å². The van der Waals surface area contributed by atoms with Gasteiger partial charge in [0.25, 0.3) is 0 Å². The minimum Gasteiger partial charge on any atom is -0.478 e. The normalized spacial score (nSPS) is 12.4. The zero-order chi connectivity index (χ0) is 18.4. The van der Waals surface area contributed by atoms with Crippen molar-refractivity contribution in [3.05, 3.63) is 72.3 Å². The monoisotopic (exact) mass is 360 g/mol. The second kappa shape index (κ2) is 7.96. The zero-order valence-electron chi connectivity index (χ0n) is 13.8. The number of carboxylic acid groups (broad SMARTS) is 1. The van der Waals surface area contributed by atoms with E-state index in [1.165, 1.54) is 18.2 Å². The second-order valence-corrected chi connectivity index (χ2v) is 7.17. The molecule has 6 nitrogen and oxygen atoms in total. The fraction of sp³-hybridized carbons (Fsp3) is 0.167. The molecule has 2 rings (SSSR count). The first-order chi connectivity index (χ1) is 11.8. The number of sulfonamides is 1. The number of carbonyl (C=O) groups is 1. The Morgan fingerprint density at radius 3 is 2.52 bits per heavy atom.